The van der Waals surface area contributed by atoms with E-state index in [0.29, 0.717) is 17.9 Å². The van der Waals surface area contributed by atoms with Gasteiger partial charge in [-0.05, 0) is 27.7 Å². The molecule has 7 heteroatoms. The van der Waals surface area contributed by atoms with E-state index in [2.05, 4.69) is 6.92 Å². The molecule has 0 radical (unpaired) electrons. The van der Waals surface area contributed by atoms with Gasteiger partial charge >= 0.3 is 0 Å². The highest BCUT2D eigenvalue weighted by Gasteiger charge is 2.13. The van der Waals surface area contributed by atoms with Crippen LogP contribution >= 0.6 is 34.8 Å². The molecular formula is C12H27Cl3O4. The van der Waals surface area contributed by atoms with Crippen molar-refractivity contribution >= 4 is 34.8 Å². The molecule has 0 amide bonds. The Morgan fingerprint density at radius 2 is 1.32 bits per heavy atom. The summed E-state index contributed by atoms with van der Waals surface area (Å²) >= 11 is 15.6. The number of aliphatic hydroxyl groups is 3. The summed E-state index contributed by atoms with van der Waals surface area (Å²) in [4.78, 5) is 0. The van der Waals surface area contributed by atoms with Crippen LogP contribution in [0.2, 0.25) is 0 Å². The van der Waals surface area contributed by atoms with Gasteiger partial charge in [0.2, 0.25) is 0 Å². The van der Waals surface area contributed by atoms with Crippen molar-refractivity contribution in [3.8, 4) is 0 Å². The van der Waals surface area contributed by atoms with Crippen LogP contribution in [0.25, 0.3) is 0 Å². The van der Waals surface area contributed by atoms with Gasteiger partial charge < -0.3 is 20.1 Å². The zero-order valence-electron chi connectivity index (χ0n) is 12.0. The van der Waals surface area contributed by atoms with Crippen molar-refractivity contribution in [2.75, 3.05) is 25.0 Å². The summed E-state index contributed by atoms with van der Waals surface area (Å²) in [5, 5.41) is 24.4. The molecular weight excluding hydrogens is 314 g/mol. The molecule has 0 aliphatic carbocycles. The quantitative estimate of drug-likeness (QED) is 0.543. The lowest BCUT2D eigenvalue weighted by atomic mass is 10.5. The minimum atomic E-state index is -0.560. The molecule has 0 spiro atoms. The Kier molecular flexibility index (Phi) is 24.3. The normalized spacial score (nSPS) is 20.2. The number of halogens is 3. The monoisotopic (exact) mass is 340 g/mol. The largest absolute Gasteiger partial charge is 0.394 e. The van der Waals surface area contributed by atoms with Gasteiger partial charge in [-0.2, -0.15) is 0 Å². The lowest BCUT2D eigenvalue weighted by Crippen LogP contribution is -2.03. The maximum atomic E-state index is 8.23. The van der Waals surface area contributed by atoms with Crippen molar-refractivity contribution in [1.29, 1.82) is 0 Å². The molecule has 1 fully saturated rings. The van der Waals surface area contributed by atoms with Gasteiger partial charge in [-0.1, -0.05) is 0 Å². The van der Waals surface area contributed by atoms with Gasteiger partial charge in [-0.15, -0.1) is 34.8 Å². The standard InChI is InChI=1S/C3H6Cl2.C3H7ClO.C3H8O2.C3H6O/c3*1-3(5)2-4;1-3-2-4-3/h3H,2H2,1H3;3,5H,2H2,1H3;3-5H,2H2,1H3;3H,2H2,1H3. The average Bonchev–Trinajstić information content (AvgIpc) is 3.13. The van der Waals surface area contributed by atoms with Crippen LogP contribution in [0.5, 0.6) is 0 Å². The fraction of sp³-hybridized carbons (Fsp3) is 1.00. The van der Waals surface area contributed by atoms with Crippen molar-refractivity contribution in [3.63, 3.8) is 0 Å². The van der Waals surface area contributed by atoms with Gasteiger partial charge in [0.25, 0.3) is 0 Å². The van der Waals surface area contributed by atoms with Crippen LogP contribution in [-0.2, 0) is 4.74 Å². The second-order valence-electron chi connectivity index (χ2n) is 4.11. The molecule has 19 heavy (non-hydrogen) atoms. The maximum absolute atomic E-state index is 8.23. The van der Waals surface area contributed by atoms with E-state index < -0.39 is 6.10 Å². The highest BCUT2D eigenvalue weighted by atomic mass is 35.5. The third-order valence-electron chi connectivity index (χ3n) is 1.20. The second kappa shape index (κ2) is 18.7. The van der Waals surface area contributed by atoms with Crippen LogP contribution in [0.4, 0.5) is 0 Å². The van der Waals surface area contributed by atoms with Crippen LogP contribution in [0.15, 0.2) is 0 Å². The number of hydrogen-bond donors (Lipinski definition) is 3. The molecule has 0 aromatic carbocycles. The van der Waals surface area contributed by atoms with Gasteiger partial charge in [-0.25, -0.2) is 0 Å². The topological polar surface area (TPSA) is 73.2 Å². The highest BCUT2D eigenvalue weighted by Crippen LogP contribution is 2.04. The summed E-state index contributed by atoms with van der Waals surface area (Å²) in [6.45, 7) is 7.93. The van der Waals surface area contributed by atoms with Crippen molar-refractivity contribution < 1.29 is 20.1 Å². The van der Waals surface area contributed by atoms with E-state index in [1.165, 1.54) is 6.92 Å². The van der Waals surface area contributed by atoms with Crippen molar-refractivity contribution in [2.45, 2.75) is 51.4 Å². The SMILES string of the molecule is CC(Cl)CCl.CC(O)CCl.CC(O)CO.CC1CO1. The minimum Gasteiger partial charge on any atom is -0.394 e. The van der Waals surface area contributed by atoms with Crippen LogP contribution in [0.1, 0.15) is 27.7 Å². The molecule has 1 rings (SSSR count). The van der Waals surface area contributed by atoms with Crippen molar-refractivity contribution in [1.82, 2.24) is 0 Å². The van der Waals surface area contributed by atoms with E-state index >= 15 is 0 Å². The Hall–Kier alpha value is 0.710. The number of hydrogen-bond acceptors (Lipinski definition) is 4. The lowest BCUT2D eigenvalue weighted by Gasteiger charge is -1.90. The molecule has 0 aromatic heterocycles. The van der Waals surface area contributed by atoms with Gasteiger partial charge in [0.1, 0.15) is 0 Å². The Morgan fingerprint density at radius 3 is 1.32 bits per heavy atom. The first-order chi connectivity index (χ1) is 8.70. The van der Waals surface area contributed by atoms with Gasteiger partial charge in [0.15, 0.2) is 0 Å². The summed E-state index contributed by atoms with van der Waals surface area (Å²) in [5.74, 6) is 0.877. The summed E-state index contributed by atoms with van der Waals surface area (Å²) in [5.41, 5.74) is 0. The van der Waals surface area contributed by atoms with E-state index in [1.807, 2.05) is 6.92 Å². The predicted molar refractivity (Wildman–Crippen MR) is 82.6 cm³/mol. The Labute approximate surface area is 131 Å². The molecule has 1 heterocycles. The van der Waals surface area contributed by atoms with Crippen molar-refractivity contribution in [2.24, 2.45) is 0 Å². The molecule has 1 aliphatic heterocycles. The number of aliphatic hydroxyl groups excluding tert-OH is 3. The summed E-state index contributed by atoms with van der Waals surface area (Å²) in [6.07, 6.45) is -0.327. The summed E-state index contributed by atoms with van der Waals surface area (Å²) < 4.78 is 4.71. The zero-order valence-corrected chi connectivity index (χ0v) is 14.3. The number of ether oxygens (including phenoxy) is 1. The number of rotatable bonds is 3. The van der Waals surface area contributed by atoms with Gasteiger partial charge in [0, 0.05) is 17.1 Å². The Bertz CT molecular complexity index is 135. The Morgan fingerprint density at radius 1 is 1.11 bits per heavy atom. The van der Waals surface area contributed by atoms with Crippen LogP contribution in [0, 0.1) is 0 Å². The molecule has 1 saturated heterocycles. The third kappa shape index (κ3) is 55.4. The molecule has 3 N–H and O–H groups in total. The first-order valence-corrected chi connectivity index (χ1v) is 7.56. The summed E-state index contributed by atoms with van der Waals surface area (Å²) in [6, 6.07) is 0. The molecule has 120 valence electrons. The predicted octanol–water partition coefficient (Wildman–Crippen LogP) is 2.22. The zero-order chi connectivity index (χ0) is 15.8. The van der Waals surface area contributed by atoms with E-state index in [-0.39, 0.29) is 18.1 Å². The first kappa shape index (κ1) is 24.7. The minimum absolute atomic E-state index is 0.122. The lowest BCUT2D eigenvalue weighted by molar-refractivity contribution is 0.110. The van der Waals surface area contributed by atoms with E-state index in [1.54, 1.807) is 6.92 Å². The second-order valence-corrected chi connectivity index (χ2v) is 5.48. The average molecular weight is 342 g/mol. The fourth-order valence-electron chi connectivity index (χ4n) is 0.0962. The van der Waals surface area contributed by atoms with E-state index in [4.69, 9.17) is 54.9 Å². The van der Waals surface area contributed by atoms with Gasteiger partial charge in [-0.3, -0.25) is 0 Å². The summed E-state index contributed by atoms with van der Waals surface area (Å²) in [7, 11) is 0. The molecule has 0 bridgehead atoms. The van der Waals surface area contributed by atoms with Crippen molar-refractivity contribution in [3.05, 3.63) is 0 Å². The molecule has 4 nitrogen and oxygen atoms in total. The van der Waals surface area contributed by atoms with Crippen LogP contribution < -0.4 is 0 Å². The third-order valence-corrected chi connectivity index (χ3v) is 2.42. The first-order valence-electron chi connectivity index (χ1n) is 6.05. The number of epoxide rings is 1. The fourth-order valence-corrected chi connectivity index (χ4v) is 0.0962. The van der Waals surface area contributed by atoms with E-state index in [0.717, 1.165) is 6.61 Å². The maximum Gasteiger partial charge on any atom is 0.0781 e. The molecule has 4 atom stereocenters. The number of alkyl halides is 3. The van der Waals surface area contributed by atoms with E-state index in [9.17, 15) is 0 Å². The molecule has 1 aliphatic rings. The molecule has 0 saturated carbocycles. The van der Waals surface area contributed by atoms with Crippen LogP contribution in [-0.4, -0.2) is 64.0 Å². The van der Waals surface area contributed by atoms with Gasteiger partial charge in [0.05, 0.1) is 31.5 Å². The molecule has 0 aromatic rings. The highest BCUT2D eigenvalue weighted by molar-refractivity contribution is 6.27. The van der Waals surface area contributed by atoms with Crippen LogP contribution in [0.3, 0.4) is 0 Å². The smallest absolute Gasteiger partial charge is 0.0781 e. The Balaban J connectivity index is -0.000000180. The molecule has 4 unspecified atom stereocenters.